The lowest BCUT2D eigenvalue weighted by molar-refractivity contribution is 0.341. The highest BCUT2D eigenvalue weighted by molar-refractivity contribution is 6.08. The molecule has 2 heteroatoms. The van der Waals surface area contributed by atoms with E-state index in [4.69, 9.17) is 12.6 Å². The Labute approximate surface area is 85.1 Å². The molecule has 0 aliphatic heterocycles. The Morgan fingerprint density at radius 3 is 2.57 bits per heavy atom. The van der Waals surface area contributed by atoms with Crippen LogP contribution < -0.4 is 4.74 Å². The largest absolute Gasteiger partial charge is 0.494 e. The van der Waals surface area contributed by atoms with Gasteiger partial charge in [-0.15, -0.1) is 0 Å². The van der Waals surface area contributed by atoms with Crippen LogP contribution in [0, 0.1) is 0 Å². The first kappa shape index (κ1) is 9.13. The fraction of sp³-hybridized carbons (Fsp3) is 0.167. The summed E-state index contributed by atoms with van der Waals surface area (Å²) in [6.07, 6.45) is 0.548. The zero-order chi connectivity index (χ0) is 9.80. The molecular weight excluding hydrogens is 171 g/mol. The van der Waals surface area contributed by atoms with Gasteiger partial charge in [0.2, 0.25) is 0 Å². The monoisotopic (exact) mass is 182 g/mol. The maximum absolute atomic E-state index is 5.44. The molecule has 0 N–H and O–H groups in total. The second-order valence-electron chi connectivity index (χ2n) is 3.15. The molecule has 2 aromatic carbocycles. The van der Waals surface area contributed by atoms with Crippen LogP contribution in [-0.2, 0) is 0 Å². The van der Waals surface area contributed by atoms with Gasteiger partial charge in [0.25, 0.3) is 0 Å². The summed E-state index contributed by atoms with van der Waals surface area (Å²) in [6, 6.07) is 14.3. The van der Waals surface area contributed by atoms with Crippen molar-refractivity contribution in [2.45, 2.75) is 6.32 Å². The summed E-state index contributed by atoms with van der Waals surface area (Å²) >= 11 is 0. The third-order valence-electron chi connectivity index (χ3n) is 2.11. The molecule has 0 heterocycles. The van der Waals surface area contributed by atoms with E-state index in [-0.39, 0.29) is 0 Å². The zero-order valence-electron chi connectivity index (χ0n) is 7.94. The number of fused-ring (bicyclic) bond motifs is 1. The Kier molecular flexibility index (Phi) is 2.73. The summed E-state index contributed by atoms with van der Waals surface area (Å²) in [4.78, 5) is 0. The molecule has 68 valence electrons. The van der Waals surface area contributed by atoms with Crippen molar-refractivity contribution >= 4 is 18.6 Å². The Hall–Kier alpha value is -1.44. The summed E-state index contributed by atoms with van der Waals surface area (Å²) in [7, 11) is 5.36. The van der Waals surface area contributed by atoms with Crippen LogP contribution in [0.1, 0.15) is 0 Å². The van der Waals surface area contributed by atoms with Crippen LogP contribution in [0.4, 0.5) is 0 Å². The SMILES string of the molecule is [B]CCOc1ccc2ccccc2c1. The van der Waals surface area contributed by atoms with E-state index in [0.717, 1.165) is 5.75 Å². The minimum atomic E-state index is 0.548. The molecule has 2 radical (unpaired) electrons. The molecular formula is C12H11BO. The average molecular weight is 182 g/mol. The van der Waals surface area contributed by atoms with Crippen LogP contribution in [0.3, 0.4) is 0 Å². The minimum Gasteiger partial charge on any atom is -0.494 e. The van der Waals surface area contributed by atoms with Crippen molar-refractivity contribution in [1.82, 2.24) is 0 Å². The molecule has 0 atom stereocenters. The molecule has 0 aliphatic rings. The third kappa shape index (κ3) is 1.90. The summed E-state index contributed by atoms with van der Waals surface area (Å²) < 4.78 is 5.44. The van der Waals surface area contributed by atoms with Crippen LogP contribution in [0.5, 0.6) is 5.75 Å². The normalized spacial score (nSPS) is 10.3. The zero-order valence-corrected chi connectivity index (χ0v) is 7.94. The van der Waals surface area contributed by atoms with E-state index < -0.39 is 0 Å². The topological polar surface area (TPSA) is 9.23 Å². The molecule has 0 aromatic heterocycles. The van der Waals surface area contributed by atoms with E-state index in [1.807, 2.05) is 24.3 Å². The van der Waals surface area contributed by atoms with Crippen LogP contribution in [0.2, 0.25) is 6.32 Å². The van der Waals surface area contributed by atoms with Crippen molar-refractivity contribution in [3.63, 3.8) is 0 Å². The standard InChI is InChI=1S/C12H11BO/c13-7-8-14-12-6-5-10-3-1-2-4-11(10)9-12/h1-6,9H,7-8H2. The van der Waals surface area contributed by atoms with E-state index >= 15 is 0 Å². The lowest BCUT2D eigenvalue weighted by Crippen LogP contribution is -1.95. The molecule has 0 spiro atoms. The summed E-state index contributed by atoms with van der Waals surface area (Å²) in [5, 5.41) is 2.43. The summed E-state index contributed by atoms with van der Waals surface area (Å²) in [5.74, 6) is 0.883. The lowest BCUT2D eigenvalue weighted by atomic mass is 10.1. The molecule has 0 aliphatic carbocycles. The van der Waals surface area contributed by atoms with E-state index in [2.05, 4.69) is 18.2 Å². The highest BCUT2D eigenvalue weighted by atomic mass is 16.5. The maximum atomic E-state index is 5.44. The fourth-order valence-corrected chi connectivity index (χ4v) is 1.43. The van der Waals surface area contributed by atoms with Gasteiger partial charge in [-0.2, -0.15) is 0 Å². The number of ether oxygens (including phenoxy) is 1. The van der Waals surface area contributed by atoms with E-state index in [1.54, 1.807) is 0 Å². The van der Waals surface area contributed by atoms with Crippen molar-refractivity contribution < 1.29 is 4.74 Å². The Morgan fingerprint density at radius 2 is 1.79 bits per heavy atom. The van der Waals surface area contributed by atoms with Crippen molar-refractivity contribution in [1.29, 1.82) is 0 Å². The van der Waals surface area contributed by atoms with Crippen molar-refractivity contribution in [3.05, 3.63) is 42.5 Å². The predicted octanol–water partition coefficient (Wildman–Crippen LogP) is 2.81. The van der Waals surface area contributed by atoms with Crippen molar-refractivity contribution in [3.8, 4) is 5.75 Å². The van der Waals surface area contributed by atoms with Gasteiger partial charge in [-0.25, -0.2) is 0 Å². The average Bonchev–Trinajstić information content (AvgIpc) is 2.26. The second kappa shape index (κ2) is 4.18. The summed E-state index contributed by atoms with van der Waals surface area (Å²) in [5.41, 5.74) is 0. The molecule has 0 saturated carbocycles. The minimum absolute atomic E-state index is 0.548. The molecule has 0 bridgehead atoms. The highest BCUT2D eigenvalue weighted by Gasteiger charge is 1.95. The Balaban J connectivity index is 2.32. The molecule has 0 amide bonds. The van der Waals surface area contributed by atoms with Crippen LogP contribution in [-0.4, -0.2) is 14.5 Å². The smallest absolute Gasteiger partial charge is 0.119 e. The predicted molar refractivity (Wildman–Crippen MR) is 60.0 cm³/mol. The van der Waals surface area contributed by atoms with Gasteiger partial charge < -0.3 is 4.74 Å². The highest BCUT2D eigenvalue weighted by Crippen LogP contribution is 2.20. The van der Waals surface area contributed by atoms with Gasteiger partial charge in [-0.3, -0.25) is 0 Å². The molecule has 2 rings (SSSR count). The molecule has 14 heavy (non-hydrogen) atoms. The number of hydrogen-bond acceptors (Lipinski definition) is 1. The third-order valence-corrected chi connectivity index (χ3v) is 2.11. The van der Waals surface area contributed by atoms with Gasteiger partial charge in [-0.1, -0.05) is 36.7 Å². The fourth-order valence-electron chi connectivity index (χ4n) is 1.43. The molecule has 1 nitrogen and oxygen atoms in total. The number of hydrogen-bond donors (Lipinski definition) is 0. The Bertz CT molecular complexity index is 425. The van der Waals surface area contributed by atoms with E-state index in [9.17, 15) is 0 Å². The van der Waals surface area contributed by atoms with Gasteiger partial charge in [0.05, 0.1) is 14.5 Å². The van der Waals surface area contributed by atoms with Crippen molar-refractivity contribution in [2.75, 3.05) is 6.61 Å². The molecule has 2 aromatic rings. The maximum Gasteiger partial charge on any atom is 0.119 e. The van der Waals surface area contributed by atoms with Gasteiger partial charge in [-0.05, 0) is 22.9 Å². The van der Waals surface area contributed by atoms with Gasteiger partial charge in [0.1, 0.15) is 5.75 Å². The molecule has 0 fully saturated rings. The van der Waals surface area contributed by atoms with Gasteiger partial charge in [0.15, 0.2) is 0 Å². The first-order valence-electron chi connectivity index (χ1n) is 4.72. The number of rotatable bonds is 3. The molecule has 0 unspecified atom stereocenters. The van der Waals surface area contributed by atoms with Crippen LogP contribution >= 0.6 is 0 Å². The van der Waals surface area contributed by atoms with Crippen molar-refractivity contribution in [2.24, 2.45) is 0 Å². The molecule has 0 saturated heterocycles. The van der Waals surface area contributed by atoms with Gasteiger partial charge >= 0.3 is 0 Å². The van der Waals surface area contributed by atoms with E-state index in [0.29, 0.717) is 12.9 Å². The lowest BCUT2D eigenvalue weighted by Gasteiger charge is -2.05. The number of benzene rings is 2. The Morgan fingerprint density at radius 1 is 1.00 bits per heavy atom. The quantitative estimate of drug-likeness (QED) is 0.663. The van der Waals surface area contributed by atoms with Crippen LogP contribution in [0.15, 0.2) is 42.5 Å². The second-order valence-corrected chi connectivity index (χ2v) is 3.15. The van der Waals surface area contributed by atoms with E-state index in [1.165, 1.54) is 10.8 Å². The van der Waals surface area contributed by atoms with Crippen LogP contribution in [0.25, 0.3) is 10.8 Å². The first-order chi connectivity index (χ1) is 6.90. The first-order valence-corrected chi connectivity index (χ1v) is 4.72. The summed E-state index contributed by atoms with van der Waals surface area (Å²) in [6.45, 7) is 0.568. The van der Waals surface area contributed by atoms with Gasteiger partial charge in [0, 0.05) is 0 Å².